The van der Waals surface area contributed by atoms with Crippen molar-refractivity contribution in [3.63, 3.8) is 0 Å². The van der Waals surface area contributed by atoms with E-state index in [4.69, 9.17) is 17.4 Å². The van der Waals surface area contributed by atoms with Crippen LogP contribution < -0.4 is 16.6 Å². The van der Waals surface area contributed by atoms with E-state index in [1.165, 1.54) is 12.3 Å². The fourth-order valence-corrected chi connectivity index (χ4v) is 1.72. The van der Waals surface area contributed by atoms with E-state index in [2.05, 4.69) is 20.7 Å². The van der Waals surface area contributed by atoms with E-state index in [9.17, 15) is 4.79 Å². The van der Waals surface area contributed by atoms with Crippen molar-refractivity contribution in [1.82, 2.24) is 9.97 Å². The first-order valence-electron chi connectivity index (χ1n) is 5.46. The minimum absolute atomic E-state index is 0.279. The number of amides is 1. The summed E-state index contributed by atoms with van der Waals surface area (Å²) in [7, 11) is 0. The van der Waals surface area contributed by atoms with Crippen molar-refractivity contribution in [3.8, 4) is 0 Å². The van der Waals surface area contributed by atoms with Gasteiger partial charge in [-0.2, -0.15) is 0 Å². The highest BCUT2D eigenvalue weighted by Gasteiger charge is 2.10. The molecule has 2 rings (SSSR count). The SMILES string of the molecule is Cc1cc(NC(=O)c2cnc(NN)c(Cl)c2)ccn1. The minimum atomic E-state index is -0.302. The van der Waals surface area contributed by atoms with E-state index in [0.717, 1.165) is 5.69 Å². The molecule has 6 nitrogen and oxygen atoms in total. The van der Waals surface area contributed by atoms with Crippen molar-refractivity contribution in [3.05, 3.63) is 46.9 Å². The van der Waals surface area contributed by atoms with Crippen LogP contribution in [0.5, 0.6) is 0 Å². The second-order valence-electron chi connectivity index (χ2n) is 3.84. The van der Waals surface area contributed by atoms with Crippen LogP contribution in [0.25, 0.3) is 0 Å². The maximum atomic E-state index is 12.0. The van der Waals surface area contributed by atoms with Gasteiger partial charge in [0.15, 0.2) is 5.82 Å². The number of nitrogens with one attached hydrogen (secondary N) is 2. The summed E-state index contributed by atoms with van der Waals surface area (Å²) in [5.41, 5.74) is 4.16. The Morgan fingerprint density at radius 1 is 1.37 bits per heavy atom. The van der Waals surface area contributed by atoms with Gasteiger partial charge in [0.2, 0.25) is 0 Å². The molecule has 0 fully saturated rings. The first-order valence-corrected chi connectivity index (χ1v) is 5.84. The topological polar surface area (TPSA) is 92.9 Å². The molecule has 2 aromatic heterocycles. The van der Waals surface area contributed by atoms with Gasteiger partial charge in [0, 0.05) is 23.8 Å². The van der Waals surface area contributed by atoms with Gasteiger partial charge in [0.1, 0.15) is 0 Å². The molecule has 0 unspecified atom stereocenters. The number of nitrogen functional groups attached to an aromatic ring is 1. The summed E-state index contributed by atoms with van der Waals surface area (Å²) in [4.78, 5) is 20.0. The fraction of sp³-hybridized carbons (Fsp3) is 0.0833. The highest BCUT2D eigenvalue weighted by atomic mass is 35.5. The van der Waals surface area contributed by atoms with Crippen molar-refractivity contribution in [2.75, 3.05) is 10.7 Å². The van der Waals surface area contributed by atoms with Crippen LogP contribution in [0, 0.1) is 6.92 Å². The molecule has 0 saturated heterocycles. The number of hydrogen-bond acceptors (Lipinski definition) is 5. The number of aryl methyl sites for hydroxylation is 1. The van der Waals surface area contributed by atoms with Crippen molar-refractivity contribution in [2.45, 2.75) is 6.92 Å². The third-order valence-electron chi connectivity index (χ3n) is 2.39. The largest absolute Gasteiger partial charge is 0.322 e. The standard InChI is InChI=1S/C12H12ClN5O/c1-7-4-9(2-3-15-7)17-12(19)8-5-10(13)11(18-14)16-6-8/h2-6H,14H2,1H3,(H,16,18)(H,15,17,19). The van der Waals surface area contributed by atoms with Crippen LogP contribution in [0.2, 0.25) is 5.02 Å². The predicted molar refractivity (Wildman–Crippen MR) is 74.0 cm³/mol. The molecule has 0 spiro atoms. The van der Waals surface area contributed by atoms with E-state index in [1.807, 2.05) is 6.92 Å². The summed E-state index contributed by atoms with van der Waals surface area (Å²) in [5.74, 6) is 5.23. The summed E-state index contributed by atoms with van der Waals surface area (Å²) >= 11 is 5.91. The molecule has 0 bridgehead atoms. The van der Waals surface area contributed by atoms with Gasteiger partial charge in [0.05, 0.1) is 10.6 Å². The number of halogens is 1. The third kappa shape index (κ3) is 3.18. The molecule has 2 heterocycles. The molecule has 0 radical (unpaired) electrons. The number of carbonyl (C=O) groups excluding carboxylic acids is 1. The number of nitrogens with two attached hydrogens (primary N) is 1. The molecule has 19 heavy (non-hydrogen) atoms. The monoisotopic (exact) mass is 277 g/mol. The van der Waals surface area contributed by atoms with Crippen LogP contribution in [0.15, 0.2) is 30.6 Å². The van der Waals surface area contributed by atoms with Gasteiger partial charge < -0.3 is 10.7 Å². The molecule has 1 amide bonds. The van der Waals surface area contributed by atoms with Crippen molar-refractivity contribution in [1.29, 1.82) is 0 Å². The van der Waals surface area contributed by atoms with E-state index < -0.39 is 0 Å². The summed E-state index contributed by atoms with van der Waals surface area (Å²) in [6.07, 6.45) is 3.02. The lowest BCUT2D eigenvalue weighted by Gasteiger charge is -2.07. The number of aromatic nitrogens is 2. The predicted octanol–water partition coefficient (Wildman–Crippen LogP) is 1.98. The molecule has 0 aliphatic carbocycles. The molecule has 98 valence electrons. The number of hydrazine groups is 1. The van der Waals surface area contributed by atoms with Crippen LogP contribution in [-0.4, -0.2) is 15.9 Å². The van der Waals surface area contributed by atoms with Crippen molar-refractivity contribution < 1.29 is 4.79 Å². The van der Waals surface area contributed by atoms with Crippen molar-refractivity contribution in [2.24, 2.45) is 5.84 Å². The molecular formula is C12H12ClN5O. The van der Waals surface area contributed by atoms with E-state index in [0.29, 0.717) is 17.1 Å². The van der Waals surface area contributed by atoms with Gasteiger partial charge in [-0.25, -0.2) is 10.8 Å². The molecule has 0 aliphatic heterocycles. The number of nitrogens with zero attached hydrogens (tertiary/aromatic N) is 2. The smallest absolute Gasteiger partial charge is 0.257 e. The Bertz CT molecular complexity index is 617. The zero-order chi connectivity index (χ0) is 13.8. The van der Waals surface area contributed by atoms with E-state index in [-0.39, 0.29) is 10.9 Å². The van der Waals surface area contributed by atoms with Gasteiger partial charge in [0.25, 0.3) is 5.91 Å². The van der Waals surface area contributed by atoms with E-state index >= 15 is 0 Å². The molecule has 0 saturated carbocycles. The second kappa shape index (κ2) is 5.64. The Hall–Kier alpha value is -2.18. The number of anilines is 2. The lowest BCUT2D eigenvalue weighted by molar-refractivity contribution is 0.102. The lowest BCUT2D eigenvalue weighted by Crippen LogP contribution is -2.14. The summed E-state index contributed by atoms with van der Waals surface area (Å²) < 4.78 is 0. The Morgan fingerprint density at radius 2 is 2.16 bits per heavy atom. The van der Waals surface area contributed by atoms with E-state index in [1.54, 1.807) is 18.3 Å². The zero-order valence-corrected chi connectivity index (χ0v) is 10.9. The van der Waals surface area contributed by atoms with Gasteiger partial charge in [-0.05, 0) is 25.1 Å². The Balaban J connectivity index is 2.18. The highest BCUT2D eigenvalue weighted by Crippen LogP contribution is 2.19. The summed E-state index contributed by atoms with van der Waals surface area (Å²) in [6, 6.07) is 4.96. The normalized spacial score (nSPS) is 10.1. The van der Waals surface area contributed by atoms with Crippen molar-refractivity contribution >= 4 is 29.0 Å². The second-order valence-corrected chi connectivity index (χ2v) is 4.25. The van der Waals surface area contributed by atoms with Gasteiger partial charge in [-0.3, -0.25) is 9.78 Å². The average Bonchev–Trinajstić information content (AvgIpc) is 2.38. The minimum Gasteiger partial charge on any atom is -0.322 e. The number of hydrogen-bond donors (Lipinski definition) is 3. The molecular weight excluding hydrogens is 266 g/mol. The lowest BCUT2D eigenvalue weighted by atomic mass is 10.2. The van der Waals surface area contributed by atoms with Crippen LogP contribution in [0.1, 0.15) is 16.1 Å². The molecule has 2 aromatic rings. The first-order chi connectivity index (χ1) is 9.10. The maximum Gasteiger partial charge on any atom is 0.257 e. The third-order valence-corrected chi connectivity index (χ3v) is 2.68. The quantitative estimate of drug-likeness (QED) is 0.589. The van der Waals surface area contributed by atoms with Crippen LogP contribution in [-0.2, 0) is 0 Å². The first kappa shape index (κ1) is 13.3. The summed E-state index contributed by atoms with van der Waals surface area (Å²) in [6.45, 7) is 1.84. The number of pyridine rings is 2. The molecule has 4 N–H and O–H groups in total. The number of rotatable bonds is 3. The highest BCUT2D eigenvalue weighted by molar-refractivity contribution is 6.33. The van der Waals surface area contributed by atoms with Crippen LogP contribution >= 0.6 is 11.6 Å². The molecule has 7 heteroatoms. The maximum absolute atomic E-state index is 12.0. The Labute approximate surface area is 115 Å². The van der Waals surface area contributed by atoms with Crippen LogP contribution in [0.4, 0.5) is 11.5 Å². The Morgan fingerprint density at radius 3 is 2.79 bits per heavy atom. The zero-order valence-electron chi connectivity index (χ0n) is 10.1. The Kier molecular flexibility index (Phi) is 3.94. The fourth-order valence-electron chi connectivity index (χ4n) is 1.49. The van der Waals surface area contributed by atoms with Gasteiger partial charge in [-0.15, -0.1) is 0 Å². The molecule has 0 atom stereocenters. The van der Waals surface area contributed by atoms with Crippen LogP contribution in [0.3, 0.4) is 0 Å². The van der Waals surface area contributed by atoms with Gasteiger partial charge in [-0.1, -0.05) is 11.6 Å². The number of carbonyl (C=O) groups is 1. The van der Waals surface area contributed by atoms with Gasteiger partial charge >= 0.3 is 0 Å². The average molecular weight is 278 g/mol. The molecule has 0 aliphatic rings. The summed E-state index contributed by atoms with van der Waals surface area (Å²) in [5, 5.41) is 3.01. The molecule has 0 aromatic carbocycles.